The molecule has 1 N–H and O–H groups in total. The third-order valence-corrected chi connectivity index (χ3v) is 4.92. The lowest BCUT2D eigenvalue weighted by Gasteiger charge is -2.30. The summed E-state index contributed by atoms with van der Waals surface area (Å²) in [6.45, 7) is 3.91. The predicted octanol–water partition coefficient (Wildman–Crippen LogP) is 1.65. The quantitative estimate of drug-likeness (QED) is 0.868. The number of nitrogens with one attached hydrogen (secondary N) is 1. The van der Waals surface area contributed by atoms with Gasteiger partial charge in [-0.05, 0) is 31.4 Å². The van der Waals surface area contributed by atoms with E-state index in [0.717, 1.165) is 6.42 Å². The van der Waals surface area contributed by atoms with Crippen LogP contribution in [0.2, 0.25) is 0 Å². The average molecular weight is 239 g/mol. The molecule has 3 nitrogen and oxygen atoms in total. The van der Waals surface area contributed by atoms with Gasteiger partial charge in [-0.25, -0.2) is 13.1 Å². The minimum atomic E-state index is -3.12. The first-order chi connectivity index (χ1) is 7.50. The molecule has 16 heavy (non-hydrogen) atoms. The van der Waals surface area contributed by atoms with Gasteiger partial charge in [0.1, 0.15) is 0 Å². The van der Waals surface area contributed by atoms with Gasteiger partial charge in [0.2, 0.25) is 10.0 Å². The smallest absolute Gasteiger partial charge is 0.213 e. The van der Waals surface area contributed by atoms with E-state index < -0.39 is 10.0 Å². The van der Waals surface area contributed by atoms with E-state index in [4.69, 9.17) is 0 Å². The van der Waals surface area contributed by atoms with Crippen molar-refractivity contribution in [2.75, 3.05) is 6.54 Å². The normalized spacial score (nSPS) is 19.3. The molecule has 4 heteroatoms. The number of benzene rings is 1. The first kappa shape index (κ1) is 11.6. The molecule has 1 atom stereocenters. The fourth-order valence-electron chi connectivity index (χ4n) is 1.93. The van der Waals surface area contributed by atoms with Crippen molar-refractivity contribution in [1.29, 1.82) is 0 Å². The van der Waals surface area contributed by atoms with Crippen molar-refractivity contribution in [2.24, 2.45) is 0 Å². The van der Waals surface area contributed by atoms with Crippen LogP contribution in [0.3, 0.4) is 0 Å². The topological polar surface area (TPSA) is 46.2 Å². The second-order valence-corrected chi connectivity index (χ2v) is 6.86. The molecule has 1 aromatic carbocycles. The summed E-state index contributed by atoms with van der Waals surface area (Å²) < 4.78 is 25.8. The minimum Gasteiger partial charge on any atom is -0.214 e. The molecule has 0 bridgehead atoms. The van der Waals surface area contributed by atoms with Crippen LogP contribution in [-0.2, 0) is 16.4 Å². The summed E-state index contributed by atoms with van der Waals surface area (Å²) in [5, 5.41) is -0.358. The molecule has 2 rings (SSSR count). The van der Waals surface area contributed by atoms with Crippen LogP contribution >= 0.6 is 0 Å². The van der Waals surface area contributed by atoms with Crippen molar-refractivity contribution in [3.05, 3.63) is 35.4 Å². The zero-order valence-electron chi connectivity index (χ0n) is 9.60. The zero-order valence-corrected chi connectivity index (χ0v) is 10.4. The SMILES string of the molecule is CC(C)S(=O)(=O)NCC1Cc2ccccc21. The Morgan fingerprint density at radius 2 is 2.06 bits per heavy atom. The van der Waals surface area contributed by atoms with Gasteiger partial charge < -0.3 is 0 Å². The molecular weight excluding hydrogens is 222 g/mol. The van der Waals surface area contributed by atoms with E-state index in [0.29, 0.717) is 12.5 Å². The summed E-state index contributed by atoms with van der Waals surface area (Å²) in [7, 11) is -3.12. The summed E-state index contributed by atoms with van der Waals surface area (Å²) >= 11 is 0. The highest BCUT2D eigenvalue weighted by molar-refractivity contribution is 7.90. The van der Waals surface area contributed by atoms with Crippen molar-refractivity contribution >= 4 is 10.0 Å². The summed E-state index contributed by atoms with van der Waals surface area (Å²) in [6, 6.07) is 8.20. The van der Waals surface area contributed by atoms with E-state index in [2.05, 4.69) is 16.9 Å². The van der Waals surface area contributed by atoms with Crippen LogP contribution in [0.1, 0.15) is 30.9 Å². The van der Waals surface area contributed by atoms with Crippen LogP contribution in [0.25, 0.3) is 0 Å². The van der Waals surface area contributed by atoms with Gasteiger partial charge in [-0.3, -0.25) is 0 Å². The maximum atomic E-state index is 11.6. The van der Waals surface area contributed by atoms with E-state index >= 15 is 0 Å². The molecule has 0 aromatic heterocycles. The molecule has 1 aliphatic carbocycles. The molecule has 0 heterocycles. The molecule has 0 saturated heterocycles. The average Bonchev–Trinajstić information content (AvgIpc) is 2.19. The van der Waals surface area contributed by atoms with Crippen molar-refractivity contribution in [2.45, 2.75) is 31.4 Å². The second-order valence-electron chi connectivity index (χ2n) is 4.54. The maximum Gasteiger partial charge on any atom is 0.213 e. The van der Waals surface area contributed by atoms with Crippen LogP contribution in [0.5, 0.6) is 0 Å². The van der Waals surface area contributed by atoms with Gasteiger partial charge in [-0.15, -0.1) is 0 Å². The summed E-state index contributed by atoms with van der Waals surface area (Å²) in [5.41, 5.74) is 2.63. The van der Waals surface area contributed by atoms with Gasteiger partial charge in [-0.1, -0.05) is 24.3 Å². The zero-order chi connectivity index (χ0) is 11.8. The Morgan fingerprint density at radius 3 is 2.69 bits per heavy atom. The van der Waals surface area contributed by atoms with Crippen LogP contribution in [0.4, 0.5) is 0 Å². The summed E-state index contributed by atoms with van der Waals surface area (Å²) in [5.74, 6) is 0.352. The molecule has 1 aromatic rings. The molecule has 1 aliphatic rings. The van der Waals surface area contributed by atoms with Crippen LogP contribution < -0.4 is 4.72 Å². The first-order valence-electron chi connectivity index (χ1n) is 5.57. The Hall–Kier alpha value is -0.870. The molecule has 1 unspecified atom stereocenters. The third kappa shape index (κ3) is 2.13. The van der Waals surface area contributed by atoms with Gasteiger partial charge in [0.25, 0.3) is 0 Å². The van der Waals surface area contributed by atoms with E-state index in [1.165, 1.54) is 11.1 Å². The minimum absolute atomic E-state index is 0.352. The number of rotatable bonds is 4. The van der Waals surface area contributed by atoms with Gasteiger partial charge in [0.15, 0.2) is 0 Å². The van der Waals surface area contributed by atoms with Crippen LogP contribution in [0, 0.1) is 0 Å². The fraction of sp³-hybridized carbons (Fsp3) is 0.500. The van der Waals surface area contributed by atoms with Crippen LogP contribution in [-0.4, -0.2) is 20.2 Å². The first-order valence-corrected chi connectivity index (χ1v) is 7.11. The molecule has 0 radical (unpaired) electrons. The number of fused-ring (bicyclic) bond motifs is 1. The lowest BCUT2D eigenvalue weighted by Crippen LogP contribution is -2.36. The molecule has 0 saturated carbocycles. The van der Waals surface area contributed by atoms with E-state index in [9.17, 15) is 8.42 Å². The molecule has 88 valence electrons. The Labute approximate surface area is 96.9 Å². The fourth-order valence-corrected chi connectivity index (χ4v) is 2.70. The van der Waals surface area contributed by atoms with E-state index in [-0.39, 0.29) is 5.25 Å². The van der Waals surface area contributed by atoms with E-state index in [1.54, 1.807) is 13.8 Å². The Kier molecular flexibility index (Phi) is 3.04. The van der Waals surface area contributed by atoms with Crippen molar-refractivity contribution < 1.29 is 8.42 Å². The third-order valence-electron chi connectivity index (χ3n) is 3.11. The summed E-state index contributed by atoms with van der Waals surface area (Å²) in [4.78, 5) is 0. The van der Waals surface area contributed by atoms with E-state index in [1.807, 2.05) is 12.1 Å². The van der Waals surface area contributed by atoms with Gasteiger partial charge in [0.05, 0.1) is 5.25 Å². The number of hydrogen-bond donors (Lipinski definition) is 1. The predicted molar refractivity (Wildman–Crippen MR) is 64.9 cm³/mol. The Morgan fingerprint density at radius 1 is 1.38 bits per heavy atom. The Bertz CT molecular complexity index is 480. The lowest BCUT2D eigenvalue weighted by molar-refractivity contribution is 0.545. The number of sulfonamides is 1. The molecule has 0 spiro atoms. The number of hydrogen-bond acceptors (Lipinski definition) is 2. The maximum absolute atomic E-state index is 11.6. The largest absolute Gasteiger partial charge is 0.214 e. The highest BCUT2D eigenvalue weighted by Gasteiger charge is 2.27. The van der Waals surface area contributed by atoms with Crippen molar-refractivity contribution in [3.63, 3.8) is 0 Å². The molecule has 0 aliphatic heterocycles. The van der Waals surface area contributed by atoms with Crippen molar-refractivity contribution in [1.82, 2.24) is 4.72 Å². The monoisotopic (exact) mass is 239 g/mol. The van der Waals surface area contributed by atoms with Gasteiger partial charge in [0, 0.05) is 12.5 Å². The standard InChI is InChI=1S/C12H17NO2S/c1-9(2)16(14,15)13-8-11-7-10-5-3-4-6-12(10)11/h3-6,9,11,13H,7-8H2,1-2H3. The van der Waals surface area contributed by atoms with Gasteiger partial charge >= 0.3 is 0 Å². The highest BCUT2D eigenvalue weighted by Crippen LogP contribution is 2.34. The molecule has 0 amide bonds. The molecule has 0 fully saturated rings. The lowest BCUT2D eigenvalue weighted by atomic mass is 9.78. The summed E-state index contributed by atoms with van der Waals surface area (Å²) in [6.07, 6.45) is 0.983. The van der Waals surface area contributed by atoms with Crippen LogP contribution in [0.15, 0.2) is 24.3 Å². The highest BCUT2D eigenvalue weighted by atomic mass is 32.2. The second kappa shape index (κ2) is 4.18. The Balaban J connectivity index is 1.96. The molecular formula is C12H17NO2S. The van der Waals surface area contributed by atoms with Crippen molar-refractivity contribution in [3.8, 4) is 0 Å². The van der Waals surface area contributed by atoms with Gasteiger partial charge in [-0.2, -0.15) is 0 Å².